The van der Waals surface area contributed by atoms with E-state index in [0.29, 0.717) is 25.5 Å². The van der Waals surface area contributed by atoms with Gasteiger partial charge < -0.3 is 14.3 Å². The molecular weight excluding hydrogens is 436 g/mol. The maximum absolute atomic E-state index is 12.4. The summed E-state index contributed by atoms with van der Waals surface area (Å²) in [6.07, 6.45) is 3.82. The van der Waals surface area contributed by atoms with E-state index in [1.54, 1.807) is 17.8 Å². The van der Waals surface area contributed by atoms with E-state index in [-0.39, 0.29) is 6.61 Å². The highest BCUT2D eigenvalue weighted by Crippen LogP contribution is 2.25. The Morgan fingerprint density at radius 1 is 1.15 bits per heavy atom. The van der Waals surface area contributed by atoms with E-state index in [4.69, 9.17) is 14.3 Å². The van der Waals surface area contributed by atoms with Crippen LogP contribution >= 0.6 is 11.8 Å². The molecular formula is C26H32N2O4S. The molecule has 0 N–H and O–H groups in total. The topological polar surface area (TPSA) is 60.4 Å². The van der Waals surface area contributed by atoms with Gasteiger partial charge in [0.25, 0.3) is 0 Å². The third-order valence-electron chi connectivity index (χ3n) is 5.69. The zero-order valence-electron chi connectivity index (χ0n) is 19.6. The summed E-state index contributed by atoms with van der Waals surface area (Å²) in [4.78, 5) is 21.1. The van der Waals surface area contributed by atoms with Crippen LogP contribution < -0.4 is 0 Å². The summed E-state index contributed by atoms with van der Waals surface area (Å²) < 4.78 is 11.0. The van der Waals surface area contributed by atoms with Crippen LogP contribution in [0.3, 0.4) is 0 Å². The smallest absolute Gasteiger partial charge is 0.360 e. The first-order valence-corrected chi connectivity index (χ1v) is 12.2. The quantitative estimate of drug-likeness (QED) is 0.219. The van der Waals surface area contributed by atoms with Gasteiger partial charge in [-0.25, -0.2) is 4.79 Å². The maximum atomic E-state index is 12.4. The number of thioether (sulfide) groups is 1. The first kappa shape index (κ1) is 25.2. The van der Waals surface area contributed by atoms with E-state index in [0.717, 1.165) is 34.7 Å². The zero-order chi connectivity index (χ0) is 23.7. The van der Waals surface area contributed by atoms with Crippen LogP contribution in [0.2, 0.25) is 0 Å². The van der Waals surface area contributed by atoms with Crippen LogP contribution in [0.1, 0.15) is 30.5 Å². The molecule has 0 saturated carbocycles. The summed E-state index contributed by atoms with van der Waals surface area (Å²) in [6, 6.07) is 15.9. The second kappa shape index (κ2) is 12.1. The number of nitrogens with zero attached hydrogens (tertiary/aromatic N) is 2. The highest BCUT2D eigenvalue weighted by atomic mass is 32.2. The molecule has 0 radical (unpaired) electrons. The molecule has 3 rings (SSSR count). The lowest BCUT2D eigenvalue weighted by Gasteiger charge is -2.41. The van der Waals surface area contributed by atoms with Crippen LogP contribution in [-0.2, 0) is 25.7 Å². The molecule has 0 atom stereocenters. The number of carbonyl (C=O) groups excluding carboxylic acids is 1. The molecule has 0 unspecified atom stereocenters. The molecule has 33 heavy (non-hydrogen) atoms. The molecule has 176 valence electrons. The fourth-order valence-corrected chi connectivity index (χ4v) is 4.07. The minimum atomic E-state index is -0.534. The molecule has 1 aliphatic rings. The summed E-state index contributed by atoms with van der Waals surface area (Å²) in [6.45, 7) is 11.0. The molecule has 6 nitrogen and oxygen atoms in total. The van der Waals surface area contributed by atoms with Crippen molar-refractivity contribution in [1.29, 1.82) is 0 Å². The predicted octanol–water partition coefficient (Wildman–Crippen LogP) is 4.63. The Hall–Kier alpha value is -2.45. The Kier molecular flexibility index (Phi) is 9.26. The van der Waals surface area contributed by atoms with E-state index in [9.17, 15) is 4.79 Å². The second-order valence-electron chi connectivity index (χ2n) is 8.23. The van der Waals surface area contributed by atoms with Crippen molar-refractivity contribution in [2.75, 3.05) is 39.2 Å². The van der Waals surface area contributed by atoms with Crippen molar-refractivity contribution >= 4 is 29.5 Å². The lowest BCUT2D eigenvalue weighted by Crippen LogP contribution is -2.54. The number of carbonyl (C=O) groups is 1. The first-order chi connectivity index (χ1) is 15.9. The molecule has 0 aliphatic carbocycles. The SMILES string of the molecule is C=Cc1ccc(COCC(=O)ON=C(c2ccc(SC)cc2)C(C)(C)N2CCOCC2)cc1. The van der Waals surface area contributed by atoms with Crippen LogP contribution in [0.4, 0.5) is 0 Å². The van der Waals surface area contributed by atoms with Gasteiger partial charge in [0.1, 0.15) is 12.3 Å². The Morgan fingerprint density at radius 3 is 2.42 bits per heavy atom. The Balaban J connectivity index is 1.68. The molecule has 0 aromatic heterocycles. The number of benzene rings is 2. The molecule has 1 heterocycles. The van der Waals surface area contributed by atoms with Crippen molar-refractivity contribution in [1.82, 2.24) is 4.90 Å². The number of hydrogen-bond acceptors (Lipinski definition) is 7. The zero-order valence-corrected chi connectivity index (χ0v) is 20.4. The summed E-state index contributed by atoms with van der Waals surface area (Å²) in [5.74, 6) is -0.534. The standard InChI is InChI=1S/C26H32N2O4S/c1-5-20-6-8-21(9-7-20)18-31-19-24(29)32-27-25(22-10-12-23(33-4)13-11-22)26(2,3)28-14-16-30-17-15-28/h5-13H,1,14-19H2,2-4H3. The molecule has 2 aromatic carbocycles. The summed E-state index contributed by atoms with van der Waals surface area (Å²) in [5.41, 5.74) is 3.18. The second-order valence-corrected chi connectivity index (χ2v) is 9.11. The summed E-state index contributed by atoms with van der Waals surface area (Å²) >= 11 is 1.68. The van der Waals surface area contributed by atoms with Crippen molar-refractivity contribution in [3.05, 3.63) is 71.8 Å². The number of ether oxygens (including phenoxy) is 2. The van der Waals surface area contributed by atoms with Crippen molar-refractivity contribution in [3.63, 3.8) is 0 Å². The van der Waals surface area contributed by atoms with Gasteiger partial charge in [-0.15, -0.1) is 11.8 Å². The number of hydrogen-bond donors (Lipinski definition) is 0. The highest BCUT2D eigenvalue weighted by molar-refractivity contribution is 7.98. The molecule has 0 spiro atoms. The van der Waals surface area contributed by atoms with Crippen LogP contribution in [0.5, 0.6) is 0 Å². The fraction of sp³-hybridized carbons (Fsp3) is 0.385. The molecule has 7 heteroatoms. The largest absolute Gasteiger partial charge is 0.379 e. The van der Waals surface area contributed by atoms with Gasteiger partial charge in [-0.05, 0) is 43.4 Å². The van der Waals surface area contributed by atoms with Crippen LogP contribution in [0.15, 0.2) is 65.2 Å². The summed E-state index contributed by atoms with van der Waals surface area (Å²) in [7, 11) is 0. The van der Waals surface area contributed by atoms with E-state index in [1.807, 2.05) is 54.8 Å². The van der Waals surface area contributed by atoms with Gasteiger partial charge in [0.15, 0.2) is 0 Å². The van der Waals surface area contributed by atoms with E-state index in [1.165, 1.54) is 0 Å². The third-order valence-corrected chi connectivity index (χ3v) is 6.43. The van der Waals surface area contributed by atoms with Gasteiger partial charge in [0.2, 0.25) is 0 Å². The number of oxime groups is 1. The molecule has 1 fully saturated rings. The number of morpholine rings is 1. The molecule has 0 bridgehead atoms. The van der Waals surface area contributed by atoms with Gasteiger partial charge in [-0.2, -0.15) is 0 Å². The fourth-order valence-electron chi connectivity index (χ4n) is 3.66. The van der Waals surface area contributed by atoms with Gasteiger partial charge in [-0.3, -0.25) is 4.90 Å². The van der Waals surface area contributed by atoms with Gasteiger partial charge in [0, 0.05) is 23.5 Å². The van der Waals surface area contributed by atoms with Crippen LogP contribution in [-0.4, -0.2) is 61.3 Å². The van der Waals surface area contributed by atoms with Crippen molar-refractivity contribution in [2.24, 2.45) is 5.16 Å². The maximum Gasteiger partial charge on any atom is 0.360 e. The average Bonchev–Trinajstić information content (AvgIpc) is 2.85. The van der Waals surface area contributed by atoms with Gasteiger partial charge in [0.05, 0.1) is 25.4 Å². The third kappa shape index (κ3) is 7.01. The molecule has 1 saturated heterocycles. The van der Waals surface area contributed by atoms with Crippen molar-refractivity contribution < 1.29 is 19.1 Å². The lowest BCUT2D eigenvalue weighted by molar-refractivity contribution is -0.149. The first-order valence-electron chi connectivity index (χ1n) is 11.0. The normalized spacial score (nSPS) is 15.3. The number of rotatable bonds is 10. The molecule has 1 aliphatic heterocycles. The Morgan fingerprint density at radius 2 is 1.82 bits per heavy atom. The minimum Gasteiger partial charge on any atom is -0.379 e. The van der Waals surface area contributed by atoms with Gasteiger partial charge in [-0.1, -0.05) is 54.2 Å². The monoisotopic (exact) mass is 468 g/mol. The predicted molar refractivity (Wildman–Crippen MR) is 134 cm³/mol. The van der Waals surface area contributed by atoms with Crippen LogP contribution in [0.25, 0.3) is 6.08 Å². The Labute approximate surface area is 200 Å². The minimum absolute atomic E-state index is 0.177. The van der Waals surface area contributed by atoms with E-state index < -0.39 is 11.5 Å². The average molecular weight is 469 g/mol. The van der Waals surface area contributed by atoms with E-state index in [2.05, 4.69) is 30.5 Å². The lowest BCUT2D eigenvalue weighted by atomic mass is 9.90. The molecule has 0 amide bonds. The van der Waals surface area contributed by atoms with Crippen molar-refractivity contribution in [3.8, 4) is 0 Å². The van der Waals surface area contributed by atoms with Crippen LogP contribution in [0, 0.1) is 0 Å². The molecule has 2 aromatic rings. The van der Waals surface area contributed by atoms with E-state index >= 15 is 0 Å². The highest BCUT2D eigenvalue weighted by Gasteiger charge is 2.35. The van der Waals surface area contributed by atoms with Crippen molar-refractivity contribution in [2.45, 2.75) is 30.9 Å². The Bertz CT molecular complexity index is 949. The summed E-state index contributed by atoms with van der Waals surface area (Å²) in [5, 5.41) is 4.33. The van der Waals surface area contributed by atoms with Gasteiger partial charge >= 0.3 is 5.97 Å².